The summed E-state index contributed by atoms with van der Waals surface area (Å²) in [6.07, 6.45) is 1.59. The molecular formula is C17H15ClN4O2. The number of aryl methyl sites for hydroxylation is 1. The molecular weight excluding hydrogens is 328 g/mol. The Morgan fingerprint density at radius 2 is 2.04 bits per heavy atom. The first kappa shape index (κ1) is 16.0. The molecule has 0 aliphatic heterocycles. The van der Waals surface area contributed by atoms with Gasteiger partial charge in [-0.3, -0.25) is 4.79 Å². The van der Waals surface area contributed by atoms with Crippen molar-refractivity contribution in [1.29, 1.82) is 0 Å². The summed E-state index contributed by atoms with van der Waals surface area (Å²) in [7, 11) is 0. The van der Waals surface area contributed by atoms with Crippen molar-refractivity contribution in [3.63, 3.8) is 0 Å². The summed E-state index contributed by atoms with van der Waals surface area (Å²) < 4.78 is 4.90. The van der Waals surface area contributed by atoms with Gasteiger partial charge in [0.15, 0.2) is 5.82 Å². The highest BCUT2D eigenvalue weighted by molar-refractivity contribution is 6.31. The number of nitrogens with zero attached hydrogens (tertiary/aromatic N) is 2. The van der Waals surface area contributed by atoms with Crippen LogP contribution >= 0.6 is 11.6 Å². The zero-order valence-corrected chi connectivity index (χ0v) is 13.9. The standard InChI is InChI=1S/C17H15ClN4O2/c1-10-8-16(22-24-10)21-17(23)15-7-6-12(9-19-15)20-14-5-3-4-13(18)11(14)2/h3-9,20H,1-2H3,(H,21,22,23). The summed E-state index contributed by atoms with van der Waals surface area (Å²) in [4.78, 5) is 16.3. The second-order valence-electron chi connectivity index (χ2n) is 5.25. The number of anilines is 3. The van der Waals surface area contributed by atoms with Gasteiger partial charge in [-0.05, 0) is 43.7 Å². The van der Waals surface area contributed by atoms with Gasteiger partial charge in [0.25, 0.3) is 5.91 Å². The largest absolute Gasteiger partial charge is 0.360 e. The Kier molecular flexibility index (Phi) is 4.48. The van der Waals surface area contributed by atoms with Crippen LogP contribution in [0.15, 0.2) is 47.1 Å². The van der Waals surface area contributed by atoms with Gasteiger partial charge >= 0.3 is 0 Å². The predicted octanol–water partition coefficient (Wildman–Crippen LogP) is 4.34. The number of carbonyl (C=O) groups is 1. The minimum Gasteiger partial charge on any atom is -0.360 e. The fourth-order valence-electron chi connectivity index (χ4n) is 2.11. The van der Waals surface area contributed by atoms with E-state index in [1.54, 1.807) is 31.3 Å². The molecule has 2 N–H and O–H groups in total. The number of hydrogen-bond acceptors (Lipinski definition) is 5. The van der Waals surface area contributed by atoms with E-state index in [2.05, 4.69) is 20.8 Å². The Labute approximate surface area is 143 Å². The van der Waals surface area contributed by atoms with Crippen molar-refractivity contribution in [2.24, 2.45) is 0 Å². The van der Waals surface area contributed by atoms with E-state index >= 15 is 0 Å². The van der Waals surface area contributed by atoms with Crippen LogP contribution in [0.5, 0.6) is 0 Å². The molecule has 0 bridgehead atoms. The zero-order chi connectivity index (χ0) is 17.1. The van der Waals surface area contributed by atoms with Crippen molar-refractivity contribution in [2.45, 2.75) is 13.8 Å². The minimum atomic E-state index is -0.353. The summed E-state index contributed by atoms with van der Waals surface area (Å²) in [6, 6.07) is 10.7. The van der Waals surface area contributed by atoms with Crippen LogP contribution in [0.4, 0.5) is 17.2 Å². The number of aromatic nitrogens is 2. The lowest BCUT2D eigenvalue weighted by molar-refractivity contribution is 0.102. The van der Waals surface area contributed by atoms with Crippen LogP contribution in [0.2, 0.25) is 5.02 Å². The Balaban J connectivity index is 1.71. The molecule has 2 heterocycles. The molecule has 1 amide bonds. The molecule has 24 heavy (non-hydrogen) atoms. The smallest absolute Gasteiger partial charge is 0.275 e. The molecule has 0 saturated heterocycles. The van der Waals surface area contributed by atoms with Crippen molar-refractivity contribution >= 4 is 34.7 Å². The summed E-state index contributed by atoms with van der Waals surface area (Å²) in [5.41, 5.74) is 2.88. The van der Waals surface area contributed by atoms with Gasteiger partial charge in [-0.15, -0.1) is 0 Å². The first-order valence-corrected chi connectivity index (χ1v) is 7.63. The Hall–Kier alpha value is -2.86. The molecule has 2 aromatic heterocycles. The van der Waals surface area contributed by atoms with Crippen molar-refractivity contribution in [3.05, 3.63) is 64.6 Å². The fourth-order valence-corrected chi connectivity index (χ4v) is 2.28. The second-order valence-corrected chi connectivity index (χ2v) is 5.65. The lowest BCUT2D eigenvalue weighted by Gasteiger charge is -2.10. The molecule has 0 aliphatic carbocycles. The molecule has 3 rings (SSSR count). The highest BCUT2D eigenvalue weighted by Gasteiger charge is 2.10. The summed E-state index contributed by atoms with van der Waals surface area (Å²) in [6.45, 7) is 3.68. The highest BCUT2D eigenvalue weighted by atomic mass is 35.5. The number of pyridine rings is 1. The topological polar surface area (TPSA) is 80.0 Å². The van der Waals surface area contributed by atoms with Crippen LogP contribution < -0.4 is 10.6 Å². The van der Waals surface area contributed by atoms with Gasteiger partial charge < -0.3 is 15.2 Å². The maximum atomic E-state index is 12.1. The molecule has 0 saturated carbocycles. The zero-order valence-electron chi connectivity index (χ0n) is 13.1. The van der Waals surface area contributed by atoms with Crippen LogP contribution in [-0.4, -0.2) is 16.0 Å². The Morgan fingerprint density at radius 1 is 1.21 bits per heavy atom. The van der Waals surface area contributed by atoms with Gasteiger partial charge in [-0.25, -0.2) is 4.98 Å². The molecule has 7 heteroatoms. The number of hydrogen-bond donors (Lipinski definition) is 2. The number of carbonyl (C=O) groups excluding carboxylic acids is 1. The maximum Gasteiger partial charge on any atom is 0.275 e. The van der Waals surface area contributed by atoms with Crippen LogP contribution in [0.1, 0.15) is 21.8 Å². The Bertz CT molecular complexity index is 875. The third-order valence-corrected chi connectivity index (χ3v) is 3.82. The molecule has 6 nitrogen and oxygen atoms in total. The van der Waals surface area contributed by atoms with E-state index < -0.39 is 0 Å². The van der Waals surface area contributed by atoms with Crippen LogP contribution in [0.25, 0.3) is 0 Å². The monoisotopic (exact) mass is 342 g/mol. The summed E-state index contributed by atoms with van der Waals surface area (Å²) in [5, 5.41) is 10.2. The molecule has 0 spiro atoms. The van der Waals surface area contributed by atoms with Crippen LogP contribution in [-0.2, 0) is 0 Å². The van der Waals surface area contributed by atoms with Crippen LogP contribution in [0, 0.1) is 13.8 Å². The predicted molar refractivity (Wildman–Crippen MR) is 92.9 cm³/mol. The number of amides is 1. The molecule has 3 aromatic rings. The van der Waals surface area contributed by atoms with Crippen molar-refractivity contribution in [1.82, 2.24) is 10.1 Å². The van der Waals surface area contributed by atoms with Gasteiger partial charge in [-0.2, -0.15) is 0 Å². The number of rotatable bonds is 4. The third kappa shape index (κ3) is 3.55. The fraction of sp³-hybridized carbons (Fsp3) is 0.118. The lowest BCUT2D eigenvalue weighted by atomic mass is 10.2. The molecule has 0 fully saturated rings. The van der Waals surface area contributed by atoms with Gasteiger partial charge in [0.2, 0.25) is 0 Å². The van der Waals surface area contributed by atoms with Crippen molar-refractivity contribution in [2.75, 3.05) is 10.6 Å². The van der Waals surface area contributed by atoms with Crippen LogP contribution in [0.3, 0.4) is 0 Å². The third-order valence-electron chi connectivity index (χ3n) is 3.41. The van der Waals surface area contributed by atoms with E-state index in [9.17, 15) is 4.79 Å². The van der Waals surface area contributed by atoms with E-state index in [1.807, 2.05) is 25.1 Å². The highest BCUT2D eigenvalue weighted by Crippen LogP contribution is 2.25. The second kappa shape index (κ2) is 6.72. The molecule has 0 radical (unpaired) electrons. The Morgan fingerprint density at radius 3 is 2.71 bits per heavy atom. The molecule has 1 aromatic carbocycles. The van der Waals surface area contributed by atoms with Crippen molar-refractivity contribution < 1.29 is 9.32 Å². The quantitative estimate of drug-likeness (QED) is 0.737. The van der Waals surface area contributed by atoms with Gasteiger partial charge in [0, 0.05) is 16.8 Å². The maximum absolute atomic E-state index is 12.1. The SMILES string of the molecule is Cc1cc(NC(=O)c2ccc(Nc3cccc(Cl)c3C)cn2)no1. The average molecular weight is 343 g/mol. The van der Waals surface area contributed by atoms with Gasteiger partial charge in [-0.1, -0.05) is 22.8 Å². The minimum absolute atomic E-state index is 0.281. The van der Waals surface area contributed by atoms with Crippen molar-refractivity contribution in [3.8, 4) is 0 Å². The summed E-state index contributed by atoms with van der Waals surface area (Å²) in [5.74, 6) is 0.625. The van der Waals surface area contributed by atoms with E-state index in [4.69, 9.17) is 16.1 Å². The first-order chi connectivity index (χ1) is 11.5. The lowest BCUT2D eigenvalue weighted by Crippen LogP contribution is -2.13. The molecule has 122 valence electrons. The van der Waals surface area contributed by atoms with Gasteiger partial charge in [0.05, 0.1) is 11.9 Å². The number of halogens is 1. The number of benzene rings is 1. The van der Waals surface area contributed by atoms with E-state index in [0.29, 0.717) is 16.6 Å². The summed E-state index contributed by atoms with van der Waals surface area (Å²) >= 11 is 6.10. The molecule has 0 unspecified atom stereocenters. The normalized spacial score (nSPS) is 10.5. The first-order valence-electron chi connectivity index (χ1n) is 7.26. The van der Waals surface area contributed by atoms with E-state index in [0.717, 1.165) is 16.9 Å². The van der Waals surface area contributed by atoms with E-state index in [-0.39, 0.29) is 11.6 Å². The number of nitrogens with one attached hydrogen (secondary N) is 2. The molecule has 0 atom stereocenters. The average Bonchev–Trinajstić information content (AvgIpc) is 2.97. The van der Waals surface area contributed by atoms with Gasteiger partial charge in [0.1, 0.15) is 11.5 Å². The molecule has 0 aliphatic rings. The van der Waals surface area contributed by atoms with E-state index in [1.165, 1.54) is 0 Å².